The Morgan fingerprint density at radius 3 is 2.35 bits per heavy atom. The lowest BCUT2D eigenvalue weighted by molar-refractivity contribution is -0.144. The topological polar surface area (TPSA) is 95.0 Å². The molecule has 0 spiro atoms. The number of hydrogen-bond acceptors (Lipinski definition) is 5. The molecule has 1 saturated carbocycles. The third kappa shape index (κ3) is 5.35. The zero-order valence-electron chi connectivity index (χ0n) is 20.2. The van der Waals surface area contributed by atoms with Gasteiger partial charge in [-0.1, -0.05) is 81.3 Å². The maximum atomic E-state index is 12.3. The summed E-state index contributed by atoms with van der Waals surface area (Å²) in [5.41, 5.74) is 6.77. The average Bonchev–Trinajstić information content (AvgIpc) is 3.51. The molecule has 1 fully saturated rings. The van der Waals surface area contributed by atoms with Crippen LogP contribution in [-0.2, 0) is 11.3 Å². The van der Waals surface area contributed by atoms with Crippen molar-refractivity contribution >= 4 is 5.97 Å². The largest absolute Gasteiger partial charge is 0.480 e. The Kier molecular flexibility index (Phi) is 7.40. The summed E-state index contributed by atoms with van der Waals surface area (Å²) in [5.74, 6) is -0.186. The third-order valence-electron chi connectivity index (χ3n) is 6.37. The molecule has 2 aromatic carbocycles. The first-order chi connectivity index (χ1) is 16.5. The molecule has 1 unspecified atom stereocenters. The Morgan fingerprint density at radius 1 is 1.09 bits per heavy atom. The van der Waals surface area contributed by atoms with E-state index in [0.717, 1.165) is 54.4 Å². The molecule has 178 valence electrons. The highest BCUT2D eigenvalue weighted by Gasteiger charge is 2.33. The van der Waals surface area contributed by atoms with Crippen LogP contribution in [0.1, 0.15) is 58.4 Å². The quantitative estimate of drug-likeness (QED) is 0.383. The Balaban J connectivity index is 1.64. The highest BCUT2D eigenvalue weighted by atomic mass is 16.4. The molecule has 2 N–H and O–H groups in total. The molecular weight excluding hydrogens is 426 g/mol. The van der Waals surface area contributed by atoms with Gasteiger partial charge in [0.05, 0.1) is 0 Å². The highest BCUT2D eigenvalue weighted by molar-refractivity contribution is 5.80. The molecule has 0 amide bonds. The molecule has 3 aromatic rings. The van der Waals surface area contributed by atoms with Crippen molar-refractivity contribution in [2.45, 2.75) is 65.5 Å². The van der Waals surface area contributed by atoms with Gasteiger partial charge in [-0.3, -0.25) is 0 Å². The van der Waals surface area contributed by atoms with E-state index in [4.69, 9.17) is 0 Å². The number of tetrazole rings is 1. The monoisotopic (exact) mass is 459 g/mol. The van der Waals surface area contributed by atoms with Crippen molar-refractivity contribution in [1.82, 2.24) is 25.5 Å². The van der Waals surface area contributed by atoms with Gasteiger partial charge in [-0.2, -0.15) is 5.21 Å². The van der Waals surface area contributed by atoms with Crippen molar-refractivity contribution in [3.8, 4) is 22.5 Å². The van der Waals surface area contributed by atoms with Crippen LogP contribution in [0, 0.1) is 5.92 Å². The molecule has 0 bridgehead atoms. The Labute approximate surface area is 200 Å². The predicted octanol–water partition coefficient (Wildman–Crippen LogP) is 5.68. The first kappa shape index (κ1) is 23.7. The van der Waals surface area contributed by atoms with E-state index >= 15 is 0 Å². The van der Waals surface area contributed by atoms with E-state index in [2.05, 4.69) is 56.7 Å². The number of carboxylic acid groups (broad SMARTS) is 1. The van der Waals surface area contributed by atoms with Crippen molar-refractivity contribution < 1.29 is 9.90 Å². The van der Waals surface area contributed by atoms with E-state index in [9.17, 15) is 9.90 Å². The number of unbranched alkanes of at least 4 members (excludes halogenated alkanes) is 1. The number of aromatic nitrogens is 4. The van der Waals surface area contributed by atoms with Gasteiger partial charge in [0, 0.05) is 17.8 Å². The zero-order chi connectivity index (χ0) is 24.1. The van der Waals surface area contributed by atoms with Crippen LogP contribution >= 0.6 is 0 Å². The van der Waals surface area contributed by atoms with Gasteiger partial charge in [-0.05, 0) is 53.5 Å². The van der Waals surface area contributed by atoms with Crippen molar-refractivity contribution in [2.24, 2.45) is 5.92 Å². The van der Waals surface area contributed by atoms with Gasteiger partial charge in [-0.15, -0.1) is 10.2 Å². The minimum absolute atomic E-state index is 0.00888. The lowest BCUT2D eigenvalue weighted by Gasteiger charge is -2.36. The molecule has 1 heterocycles. The summed E-state index contributed by atoms with van der Waals surface area (Å²) in [7, 11) is 0. The summed E-state index contributed by atoms with van der Waals surface area (Å²) in [4.78, 5) is 14.5. The Morgan fingerprint density at radius 2 is 1.79 bits per heavy atom. The number of nitrogens with zero attached hydrogens (tertiary/aromatic N) is 4. The number of carboxylic acids is 1. The molecule has 1 aliphatic carbocycles. The Hall–Kier alpha value is -3.48. The smallest absolute Gasteiger partial charge is 0.326 e. The van der Waals surface area contributed by atoms with Crippen molar-refractivity contribution in [1.29, 1.82) is 0 Å². The number of aliphatic carboxylic acids is 1. The van der Waals surface area contributed by atoms with Crippen molar-refractivity contribution in [3.05, 3.63) is 65.4 Å². The van der Waals surface area contributed by atoms with Gasteiger partial charge >= 0.3 is 5.97 Å². The summed E-state index contributed by atoms with van der Waals surface area (Å²) < 4.78 is 0. The third-order valence-corrected chi connectivity index (χ3v) is 6.37. The van der Waals surface area contributed by atoms with E-state index in [0.29, 0.717) is 12.4 Å². The summed E-state index contributed by atoms with van der Waals surface area (Å²) in [6.45, 7) is 6.77. The minimum Gasteiger partial charge on any atom is -0.480 e. The maximum absolute atomic E-state index is 12.3. The lowest BCUT2D eigenvalue weighted by Crippen LogP contribution is -2.44. The SMILES string of the molecule is CCCCC(=C1CC1)N(Cc1ccc(-c2ccccc2-c2nn[nH]n2)cc1)C(C(=O)O)C(C)C. The summed E-state index contributed by atoms with van der Waals surface area (Å²) >= 11 is 0. The van der Waals surface area contributed by atoms with Gasteiger partial charge in [0.25, 0.3) is 0 Å². The van der Waals surface area contributed by atoms with E-state index < -0.39 is 12.0 Å². The molecule has 1 atom stereocenters. The van der Waals surface area contributed by atoms with Crippen LogP contribution in [0.5, 0.6) is 0 Å². The second kappa shape index (κ2) is 10.6. The number of hydrogen-bond donors (Lipinski definition) is 2. The van der Waals surface area contributed by atoms with Crippen LogP contribution in [-0.4, -0.2) is 42.6 Å². The highest BCUT2D eigenvalue weighted by Crippen LogP contribution is 2.38. The number of aromatic amines is 1. The molecule has 7 heteroatoms. The van der Waals surface area contributed by atoms with Crippen LogP contribution in [0.15, 0.2) is 59.8 Å². The second-order valence-electron chi connectivity index (χ2n) is 9.29. The molecule has 1 aliphatic rings. The average molecular weight is 460 g/mol. The normalized spacial score (nSPS) is 13.7. The van der Waals surface area contributed by atoms with Crippen LogP contribution < -0.4 is 0 Å². The first-order valence-electron chi connectivity index (χ1n) is 12.1. The fourth-order valence-corrected chi connectivity index (χ4v) is 4.55. The molecule has 0 radical (unpaired) electrons. The number of nitrogens with one attached hydrogen (secondary N) is 1. The first-order valence-corrected chi connectivity index (χ1v) is 12.1. The molecule has 0 saturated heterocycles. The summed E-state index contributed by atoms with van der Waals surface area (Å²) in [5, 5.41) is 24.6. The second-order valence-corrected chi connectivity index (χ2v) is 9.29. The fraction of sp³-hybridized carbons (Fsp3) is 0.407. The zero-order valence-corrected chi connectivity index (χ0v) is 20.2. The molecular formula is C27H33N5O2. The summed E-state index contributed by atoms with van der Waals surface area (Å²) in [6, 6.07) is 15.8. The van der Waals surface area contributed by atoms with Crippen LogP contribution in [0.3, 0.4) is 0 Å². The minimum atomic E-state index is -0.754. The van der Waals surface area contributed by atoms with Crippen LogP contribution in [0.25, 0.3) is 22.5 Å². The molecule has 0 aliphatic heterocycles. The number of carbonyl (C=O) groups is 1. The van der Waals surface area contributed by atoms with Gasteiger partial charge in [-0.25, -0.2) is 4.79 Å². The van der Waals surface area contributed by atoms with Gasteiger partial charge < -0.3 is 10.0 Å². The Bertz CT molecular complexity index is 1130. The number of benzene rings is 2. The fourth-order valence-electron chi connectivity index (χ4n) is 4.55. The van der Waals surface area contributed by atoms with Crippen molar-refractivity contribution in [3.63, 3.8) is 0 Å². The maximum Gasteiger partial charge on any atom is 0.326 e. The molecule has 7 nitrogen and oxygen atoms in total. The molecule has 4 rings (SSSR count). The van der Waals surface area contributed by atoms with E-state index in [1.165, 1.54) is 11.3 Å². The standard InChI is InChI=1S/C27H33N5O2/c1-4-5-10-24(21-15-16-21)32(25(18(2)3)27(33)34)17-19-11-13-20(14-12-19)22-8-6-7-9-23(22)26-28-30-31-29-26/h6-9,11-14,18,25H,4-5,10,15-17H2,1-3H3,(H,33,34)(H,28,29,30,31). The van der Waals surface area contributed by atoms with E-state index in [-0.39, 0.29) is 5.92 Å². The van der Waals surface area contributed by atoms with Crippen molar-refractivity contribution in [2.75, 3.05) is 0 Å². The molecule has 1 aromatic heterocycles. The van der Waals surface area contributed by atoms with Gasteiger partial charge in [0.15, 0.2) is 0 Å². The van der Waals surface area contributed by atoms with Crippen LogP contribution in [0.2, 0.25) is 0 Å². The lowest BCUT2D eigenvalue weighted by atomic mass is 9.97. The number of H-pyrrole nitrogens is 1. The van der Waals surface area contributed by atoms with Gasteiger partial charge in [0.1, 0.15) is 6.04 Å². The molecule has 34 heavy (non-hydrogen) atoms. The van der Waals surface area contributed by atoms with E-state index in [1.807, 2.05) is 38.1 Å². The van der Waals surface area contributed by atoms with Gasteiger partial charge in [0.2, 0.25) is 5.82 Å². The number of rotatable bonds is 11. The predicted molar refractivity (Wildman–Crippen MR) is 133 cm³/mol. The number of allylic oxidation sites excluding steroid dienone is 2. The van der Waals surface area contributed by atoms with E-state index in [1.54, 1.807) is 0 Å². The van der Waals surface area contributed by atoms with Crippen LogP contribution in [0.4, 0.5) is 0 Å². The summed E-state index contributed by atoms with van der Waals surface area (Å²) in [6.07, 6.45) is 5.29.